The molecule has 1 fully saturated rings. The number of hydrogen-bond donors (Lipinski definition) is 1. The molecule has 0 bridgehead atoms. The van der Waals surface area contributed by atoms with E-state index < -0.39 is 0 Å². The highest BCUT2D eigenvalue weighted by molar-refractivity contribution is 8.00. The lowest BCUT2D eigenvalue weighted by Gasteiger charge is -2.25. The Bertz CT molecular complexity index is 330. The van der Waals surface area contributed by atoms with Crippen molar-refractivity contribution in [3.05, 3.63) is 6.33 Å². The average Bonchev–Trinajstić information content (AvgIpc) is 2.13. The second-order valence-electron chi connectivity index (χ2n) is 2.88. The molecule has 76 valence electrons. The number of thioether (sulfide) groups is 1. The van der Waals surface area contributed by atoms with Gasteiger partial charge in [0.1, 0.15) is 17.0 Å². The number of anilines is 1. The Kier molecular flexibility index (Phi) is 2.74. The Morgan fingerprint density at radius 3 is 2.93 bits per heavy atom. The van der Waals surface area contributed by atoms with E-state index >= 15 is 0 Å². The zero-order chi connectivity index (χ0) is 9.97. The molecular weight excluding hydrogens is 202 g/mol. The highest BCUT2D eigenvalue weighted by Crippen LogP contribution is 2.33. The van der Waals surface area contributed by atoms with Crippen LogP contribution in [0.2, 0.25) is 0 Å². The maximum Gasteiger partial charge on any atom is 0.241 e. The summed E-state index contributed by atoms with van der Waals surface area (Å²) >= 11 is 1.61. The topological polar surface area (TPSA) is 70.3 Å². The number of rotatable bonds is 3. The second kappa shape index (κ2) is 4.02. The molecule has 1 aromatic rings. The third kappa shape index (κ3) is 1.76. The van der Waals surface area contributed by atoms with Gasteiger partial charge in [0.05, 0.1) is 25.6 Å². The van der Waals surface area contributed by atoms with Crippen LogP contribution < -0.4 is 10.5 Å². The Morgan fingerprint density at radius 1 is 1.57 bits per heavy atom. The lowest BCUT2D eigenvalue weighted by Crippen LogP contribution is -2.30. The largest absolute Gasteiger partial charge is 0.479 e. The number of nitrogens with zero attached hydrogens (tertiary/aromatic N) is 2. The molecule has 1 aliphatic heterocycles. The first-order chi connectivity index (χ1) is 6.81. The van der Waals surface area contributed by atoms with Crippen molar-refractivity contribution in [2.45, 2.75) is 10.3 Å². The van der Waals surface area contributed by atoms with Crippen molar-refractivity contribution in [1.29, 1.82) is 0 Å². The summed E-state index contributed by atoms with van der Waals surface area (Å²) in [5, 5.41) is 1.22. The van der Waals surface area contributed by atoms with E-state index in [1.54, 1.807) is 18.9 Å². The standard InChI is InChI=1S/C8H11N3O2S/c1-12-7-6(9)8(11-4-10-7)14-5-2-13-3-5/h4-5H,2-3,9H2,1H3. The van der Waals surface area contributed by atoms with Crippen LogP contribution in [0.25, 0.3) is 0 Å². The molecule has 0 saturated carbocycles. The van der Waals surface area contributed by atoms with Gasteiger partial charge in [-0.1, -0.05) is 11.8 Å². The first kappa shape index (κ1) is 9.54. The van der Waals surface area contributed by atoms with Gasteiger partial charge in [-0.15, -0.1) is 0 Å². The lowest BCUT2D eigenvalue weighted by atomic mass is 10.4. The van der Waals surface area contributed by atoms with E-state index in [9.17, 15) is 0 Å². The molecule has 0 radical (unpaired) electrons. The number of nitrogen functional groups attached to an aromatic ring is 1. The number of ether oxygens (including phenoxy) is 2. The van der Waals surface area contributed by atoms with Crippen molar-refractivity contribution in [2.75, 3.05) is 26.1 Å². The Hall–Kier alpha value is -1.01. The summed E-state index contributed by atoms with van der Waals surface area (Å²) in [7, 11) is 1.54. The molecule has 5 nitrogen and oxygen atoms in total. The van der Waals surface area contributed by atoms with E-state index in [1.165, 1.54) is 6.33 Å². The minimum atomic E-state index is 0.433. The molecule has 2 N–H and O–H groups in total. The molecule has 0 amide bonds. The zero-order valence-electron chi connectivity index (χ0n) is 7.77. The van der Waals surface area contributed by atoms with Crippen molar-refractivity contribution in [1.82, 2.24) is 9.97 Å². The van der Waals surface area contributed by atoms with Crippen molar-refractivity contribution in [3.8, 4) is 5.88 Å². The van der Waals surface area contributed by atoms with Crippen LogP contribution in [-0.2, 0) is 4.74 Å². The summed E-state index contributed by atoms with van der Waals surface area (Å²) in [5.41, 5.74) is 6.32. The molecule has 0 aromatic carbocycles. The molecule has 2 rings (SSSR count). The molecule has 1 aliphatic rings. The van der Waals surface area contributed by atoms with Crippen molar-refractivity contribution >= 4 is 17.4 Å². The van der Waals surface area contributed by atoms with Crippen LogP contribution in [0.4, 0.5) is 5.69 Å². The molecule has 1 aromatic heterocycles. The molecule has 6 heteroatoms. The van der Waals surface area contributed by atoms with Crippen LogP contribution in [0.15, 0.2) is 11.4 Å². The Balaban J connectivity index is 2.15. The average molecular weight is 213 g/mol. The van der Waals surface area contributed by atoms with Gasteiger partial charge < -0.3 is 15.2 Å². The van der Waals surface area contributed by atoms with Gasteiger partial charge in [-0.05, 0) is 0 Å². The van der Waals surface area contributed by atoms with Gasteiger partial charge in [-0.2, -0.15) is 4.98 Å². The van der Waals surface area contributed by atoms with E-state index in [-0.39, 0.29) is 0 Å². The molecule has 14 heavy (non-hydrogen) atoms. The highest BCUT2D eigenvalue weighted by Gasteiger charge is 2.22. The van der Waals surface area contributed by atoms with Crippen LogP contribution in [0, 0.1) is 0 Å². The van der Waals surface area contributed by atoms with Crippen LogP contribution in [-0.4, -0.2) is 35.5 Å². The fourth-order valence-electron chi connectivity index (χ4n) is 1.06. The van der Waals surface area contributed by atoms with Gasteiger partial charge >= 0.3 is 0 Å². The summed E-state index contributed by atoms with van der Waals surface area (Å²) < 4.78 is 10.1. The fourth-order valence-corrected chi connectivity index (χ4v) is 2.03. The van der Waals surface area contributed by atoms with Gasteiger partial charge in [0.25, 0.3) is 0 Å². The third-order valence-corrected chi connectivity index (χ3v) is 3.04. The van der Waals surface area contributed by atoms with Gasteiger partial charge in [0, 0.05) is 0 Å². The quantitative estimate of drug-likeness (QED) is 0.740. The molecule has 0 atom stereocenters. The van der Waals surface area contributed by atoms with Gasteiger partial charge in [-0.25, -0.2) is 4.98 Å². The molecule has 1 saturated heterocycles. The van der Waals surface area contributed by atoms with E-state index in [4.69, 9.17) is 15.2 Å². The van der Waals surface area contributed by atoms with Gasteiger partial charge in [0.15, 0.2) is 0 Å². The monoisotopic (exact) mass is 213 g/mol. The number of methoxy groups -OCH3 is 1. The van der Waals surface area contributed by atoms with E-state index in [2.05, 4.69) is 9.97 Å². The number of hydrogen-bond acceptors (Lipinski definition) is 6. The van der Waals surface area contributed by atoms with Crippen LogP contribution in [0.3, 0.4) is 0 Å². The van der Waals surface area contributed by atoms with Crippen molar-refractivity contribution < 1.29 is 9.47 Å². The SMILES string of the molecule is COc1ncnc(SC2COC2)c1N. The summed E-state index contributed by atoms with van der Waals surface area (Å²) in [4.78, 5) is 8.01. The lowest BCUT2D eigenvalue weighted by molar-refractivity contribution is 0.0455. The number of aromatic nitrogens is 2. The Morgan fingerprint density at radius 2 is 2.36 bits per heavy atom. The van der Waals surface area contributed by atoms with Crippen molar-refractivity contribution in [3.63, 3.8) is 0 Å². The van der Waals surface area contributed by atoms with Gasteiger partial charge in [0.2, 0.25) is 5.88 Å². The summed E-state index contributed by atoms with van der Waals surface area (Å²) in [6.45, 7) is 1.52. The van der Waals surface area contributed by atoms with Crippen LogP contribution >= 0.6 is 11.8 Å². The normalized spacial score (nSPS) is 16.4. The van der Waals surface area contributed by atoms with E-state index in [0.29, 0.717) is 16.8 Å². The molecule has 0 aliphatic carbocycles. The molecular formula is C8H11N3O2S. The van der Waals surface area contributed by atoms with E-state index in [0.717, 1.165) is 18.2 Å². The van der Waals surface area contributed by atoms with Crippen LogP contribution in [0.5, 0.6) is 5.88 Å². The fraction of sp³-hybridized carbons (Fsp3) is 0.500. The predicted octanol–water partition coefficient (Wildman–Crippen LogP) is 0.558. The predicted molar refractivity (Wildman–Crippen MR) is 53.5 cm³/mol. The highest BCUT2D eigenvalue weighted by atomic mass is 32.2. The smallest absolute Gasteiger partial charge is 0.241 e. The summed E-state index contributed by atoms with van der Waals surface area (Å²) in [5.74, 6) is 0.433. The number of nitrogens with two attached hydrogens (primary N) is 1. The minimum absolute atomic E-state index is 0.433. The first-order valence-electron chi connectivity index (χ1n) is 4.20. The van der Waals surface area contributed by atoms with Crippen molar-refractivity contribution in [2.24, 2.45) is 0 Å². The third-order valence-electron chi connectivity index (χ3n) is 1.89. The second-order valence-corrected chi connectivity index (χ2v) is 4.17. The summed E-state index contributed by atoms with van der Waals surface area (Å²) in [6, 6.07) is 0. The minimum Gasteiger partial charge on any atom is -0.479 e. The Labute approximate surface area is 86.0 Å². The maximum absolute atomic E-state index is 5.81. The van der Waals surface area contributed by atoms with Crippen LogP contribution in [0.1, 0.15) is 0 Å². The first-order valence-corrected chi connectivity index (χ1v) is 5.08. The maximum atomic E-state index is 5.81. The van der Waals surface area contributed by atoms with Gasteiger partial charge in [-0.3, -0.25) is 0 Å². The molecule has 0 unspecified atom stereocenters. The zero-order valence-corrected chi connectivity index (χ0v) is 8.58. The molecule has 0 spiro atoms. The molecule has 2 heterocycles. The summed E-state index contributed by atoms with van der Waals surface area (Å²) in [6.07, 6.45) is 1.46. The van der Waals surface area contributed by atoms with E-state index in [1.807, 2.05) is 0 Å².